The zero-order valence-electron chi connectivity index (χ0n) is 21.4. The van der Waals surface area contributed by atoms with Gasteiger partial charge in [0.05, 0.1) is 25.2 Å². The van der Waals surface area contributed by atoms with Crippen LogP contribution in [-0.4, -0.2) is 58.9 Å². The van der Waals surface area contributed by atoms with Gasteiger partial charge in [-0.05, 0) is 44.0 Å². The highest BCUT2D eigenvalue weighted by molar-refractivity contribution is 5.93. The fourth-order valence-electron chi connectivity index (χ4n) is 4.02. The second kappa shape index (κ2) is 14.6. The lowest BCUT2D eigenvalue weighted by molar-refractivity contribution is -0.168. The Hall–Kier alpha value is -3.86. The number of nitrogens with one attached hydrogen (secondary N) is 2. The molecule has 2 rings (SSSR count). The molecule has 0 saturated heterocycles. The highest BCUT2D eigenvalue weighted by atomic mass is 16.5. The maximum atomic E-state index is 12.8. The summed E-state index contributed by atoms with van der Waals surface area (Å²) >= 11 is 0. The molecule has 0 radical (unpaired) electrons. The first kappa shape index (κ1) is 29.4. The van der Waals surface area contributed by atoms with Crippen molar-refractivity contribution in [3.05, 3.63) is 41.7 Å². The molecule has 3 amide bonds. The SMILES string of the molecule is CCCCCC(C(=O)NCNC(=O)c1ccc(-c2ccc(C(=O)O)c(OCC)c2)o1)[C@@H](CC)N(O)C=O. The van der Waals surface area contributed by atoms with Gasteiger partial charge in [0.2, 0.25) is 12.3 Å². The predicted octanol–water partition coefficient (Wildman–Crippen LogP) is 3.67. The third-order valence-corrected chi connectivity index (χ3v) is 5.92. The van der Waals surface area contributed by atoms with Crippen molar-refractivity contribution in [2.24, 2.45) is 5.92 Å². The monoisotopic (exact) mass is 517 g/mol. The second-order valence-corrected chi connectivity index (χ2v) is 8.40. The first-order chi connectivity index (χ1) is 17.8. The largest absolute Gasteiger partial charge is 0.493 e. The zero-order valence-corrected chi connectivity index (χ0v) is 21.4. The number of rotatable bonds is 16. The number of carboxylic acids is 1. The first-order valence-electron chi connectivity index (χ1n) is 12.4. The van der Waals surface area contributed by atoms with E-state index in [0.29, 0.717) is 29.2 Å². The van der Waals surface area contributed by atoms with Gasteiger partial charge >= 0.3 is 5.97 Å². The standard InChI is InChI=1S/C26H35N3O8/c1-4-7-8-9-18(20(5-2)29(35)16-30)24(31)27-15-28-25(32)22-13-12-21(37-22)17-10-11-19(26(33)34)23(14-17)36-6-3/h10-14,16,18,20,35H,4-9,15H2,1-3H3,(H,27,31)(H,28,32)(H,33,34)/t18?,20-/m1/s1. The third kappa shape index (κ3) is 8.07. The summed E-state index contributed by atoms with van der Waals surface area (Å²) in [5, 5.41) is 24.9. The van der Waals surface area contributed by atoms with E-state index in [2.05, 4.69) is 10.6 Å². The molecule has 4 N–H and O–H groups in total. The van der Waals surface area contributed by atoms with E-state index < -0.39 is 23.8 Å². The minimum absolute atomic E-state index is 0.00191. The van der Waals surface area contributed by atoms with E-state index in [0.717, 1.165) is 19.3 Å². The van der Waals surface area contributed by atoms with Gasteiger partial charge in [0.1, 0.15) is 17.1 Å². The summed E-state index contributed by atoms with van der Waals surface area (Å²) in [7, 11) is 0. The molecule has 0 spiro atoms. The molecular formula is C26H35N3O8. The number of carbonyl (C=O) groups excluding carboxylic acids is 3. The molecule has 1 aromatic carbocycles. The topological polar surface area (TPSA) is 158 Å². The van der Waals surface area contributed by atoms with Crippen molar-refractivity contribution in [1.82, 2.24) is 15.7 Å². The summed E-state index contributed by atoms with van der Waals surface area (Å²) in [4.78, 5) is 47.8. The highest BCUT2D eigenvalue weighted by Crippen LogP contribution is 2.29. The minimum atomic E-state index is -1.12. The van der Waals surface area contributed by atoms with Crippen LogP contribution in [0.1, 0.15) is 73.8 Å². The molecule has 1 aromatic heterocycles. The van der Waals surface area contributed by atoms with Crippen LogP contribution in [0.3, 0.4) is 0 Å². The zero-order chi connectivity index (χ0) is 27.4. The van der Waals surface area contributed by atoms with Gasteiger partial charge in [-0.2, -0.15) is 0 Å². The molecule has 0 bridgehead atoms. The van der Waals surface area contributed by atoms with Crippen molar-refractivity contribution in [1.29, 1.82) is 0 Å². The lowest BCUT2D eigenvalue weighted by atomic mass is 9.90. The predicted molar refractivity (Wildman–Crippen MR) is 134 cm³/mol. The van der Waals surface area contributed by atoms with Gasteiger partial charge in [0, 0.05) is 5.56 Å². The quantitative estimate of drug-likeness (QED) is 0.0863. The van der Waals surface area contributed by atoms with Crippen molar-refractivity contribution in [2.45, 2.75) is 58.9 Å². The lowest BCUT2D eigenvalue weighted by Gasteiger charge is -2.29. The molecule has 0 fully saturated rings. The molecule has 37 heavy (non-hydrogen) atoms. The fraction of sp³-hybridized carbons (Fsp3) is 0.462. The molecular weight excluding hydrogens is 482 g/mol. The summed E-state index contributed by atoms with van der Waals surface area (Å²) in [5.41, 5.74) is 0.548. The van der Waals surface area contributed by atoms with Crippen molar-refractivity contribution in [3.8, 4) is 17.1 Å². The van der Waals surface area contributed by atoms with Crippen LogP contribution in [-0.2, 0) is 9.59 Å². The van der Waals surface area contributed by atoms with E-state index in [-0.39, 0.29) is 42.7 Å². The first-order valence-corrected chi connectivity index (χ1v) is 12.4. The molecule has 1 unspecified atom stereocenters. The Labute approximate surface area is 215 Å². The summed E-state index contributed by atoms with van der Waals surface area (Å²) in [6, 6.07) is 6.85. The van der Waals surface area contributed by atoms with Crippen LogP contribution in [0.5, 0.6) is 5.75 Å². The average molecular weight is 518 g/mol. The number of ether oxygens (including phenoxy) is 1. The Morgan fingerprint density at radius 1 is 1.11 bits per heavy atom. The third-order valence-electron chi connectivity index (χ3n) is 5.92. The number of furan rings is 1. The molecule has 2 atom stereocenters. The van der Waals surface area contributed by atoms with Crippen molar-refractivity contribution < 1.29 is 38.6 Å². The molecule has 0 saturated carbocycles. The van der Waals surface area contributed by atoms with Gasteiger partial charge in [-0.15, -0.1) is 0 Å². The number of hydrogen-bond acceptors (Lipinski definition) is 7. The average Bonchev–Trinajstić information content (AvgIpc) is 3.38. The number of hydroxylamine groups is 2. The van der Waals surface area contributed by atoms with E-state index in [4.69, 9.17) is 9.15 Å². The van der Waals surface area contributed by atoms with Crippen LogP contribution >= 0.6 is 0 Å². The molecule has 2 aromatic rings. The molecule has 1 heterocycles. The van der Waals surface area contributed by atoms with Crippen molar-refractivity contribution >= 4 is 24.2 Å². The lowest BCUT2D eigenvalue weighted by Crippen LogP contribution is -2.47. The number of nitrogens with zero attached hydrogens (tertiary/aromatic N) is 1. The van der Waals surface area contributed by atoms with Crippen LogP contribution in [0.2, 0.25) is 0 Å². The fourth-order valence-corrected chi connectivity index (χ4v) is 4.02. The number of carboxylic acid groups (broad SMARTS) is 1. The summed E-state index contributed by atoms with van der Waals surface area (Å²) in [6.45, 7) is 5.66. The van der Waals surface area contributed by atoms with Gasteiger partial charge < -0.3 is 24.9 Å². The number of aromatic carboxylic acids is 1. The summed E-state index contributed by atoms with van der Waals surface area (Å²) in [5.74, 6) is -2.17. The molecule has 0 aliphatic heterocycles. The normalized spacial score (nSPS) is 12.3. The van der Waals surface area contributed by atoms with E-state index in [9.17, 15) is 29.5 Å². The number of amides is 3. The molecule has 0 aliphatic rings. The van der Waals surface area contributed by atoms with Crippen molar-refractivity contribution in [2.75, 3.05) is 13.3 Å². The van der Waals surface area contributed by atoms with Gasteiger partial charge in [0.15, 0.2) is 5.76 Å². The Morgan fingerprint density at radius 3 is 2.49 bits per heavy atom. The van der Waals surface area contributed by atoms with Crippen LogP contribution in [0.25, 0.3) is 11.3 Å². The molecule has 11 nitrogen and oxygen atoms in total. The Balaban J connectivity index is 2.03. The highest BCUT2D eigenvalue weighted by Gasteiger charge is 2.30. The van der Waals surface area contributed by atoms with Crippen LogP contribution in [0, 0.1) is 5.92 Å². The Bertz CT molecular complexity index is 1070. The van der Waals surface area contributed by atoms with Gasteiger partial charge in [0.25, 0.3) is 5.91 Å². The smallest absolute Gasteiger partial charge is 0.339 e. The maximum absolute atomic E-state index is 12.8. The van der Waals surface area contributed by atoms with Gasteiger partial charge in [-0.25, -0.2) is 9.86 Å². The number of carbonyl (C=O) groups is 4. The number of hydrogen-bond donors (Lipinski definition) is 4. The van der Waals surface area contributed by atoms with E-state index in [1.165, 1.54) is 18.2 Å². The summed E-state index contributed by atoms with van der Waals surface area (Å²) in [6.07, 6.45) is 3.80. The summed E-state index contributed by atoms with van der Waals surface area (Å²) < 4.78 is 11.0. The Kier molecular flexibility index (Phi) is 11.6. The maximum Gasteiger partial charge on any atom is 0.339 e. The molecule has 202 valence electrons. The van der Waals surface area contributed by atoms with Crippen LogP contribution < -0.4 is 15.4 Å². The Morgan fingerprint density at radius 2 is 1.86 bits per heavy atom. The van der Waals surface area contributed by atoms with Crippen molar-refractivity contribution in [3.63, 3.8) is 0 Å². The minimum Gasteiger partial charge on any atom is -0.493 e. The molecule has 0 aliphatic carbocycles. The number of unbranched alkanes of at least 4 members (excludes halogenated alkanes) is 2. The van der Waals surface area contributed by atoms with E-state index in [1.807, 2.05) is 6.92 Å². The van der Waals surface area contributed by atoms with E-state index in [1.54, 1.807) is 26.0 Å². The van der Waals surface area contributed by atoms with E-state index >= 15 is 0 Å². The molecule has 11 heteroatoms. The van der Waals surface area contributed by atoms with Gasteiger partial charge in [-0.1, -0.05) is 39.2 Å². The van der Waals surface area contributed by atoms with Gasteiger partial charge in [-0.3, -0.25) is 19.6 Å². The van der Waals surface area contributed by atoms with Crippen LogP contribution in [0.15, 0.2) is 34.7 Å². The number of benzene rings is 1. The van der Waals surface area contributed by atoms with Crippen LogP contribution in [0.4, 0.5) is 0 Å². The second-order valence-electron chi connectivity index (χ2n) is 8.40.